The zero-order valence-corrected chi connectivity index (χ0v) is 15.6. The highest BCUT2D eigenvalue weighted by Crippen LogP contribution is 2.38. The van der Waals surface area contributed by atoms with Crippen molar-refractivity contribution >= 4 is 23.2 Å². The minimum atomic E-state index is -0.937. The molecule has 1 aliphatic carbocycles. The van der Waals surface area contributed by atoms with Gasteiger partial charge >= 0.3 is 5.97 Å². The summed E-state index contributed by atoms with van der Waals surface area (Å²) in [4.78, 5) is 11.2. The Balaban J connectivity index is 1.60. The largest absolute Gasteiger partial charge is 0.489 e. The maximum atomic E-state index is 13.7. The third-order valence-electron chi connectivity index (χ3n) is 4.73. The van der Waals surface area contributed by atoms with Gasteiger partial charge in [0.15, 0.2) is 0 Å². The molecule has 1 N–H and O–H groups in total. The highest BCUT2D eigenvalue weighted by molar-refractivity contribution is 6.04. The third kappa shape index (κ3) is 4.43. The molecule has 3 nitrogen and oxygen atoms in total. The van der Waals surface area contributed by atoms with Crippen LogP contribution in [0.25, 0.3) is 17.2 Å². The van der Waals surface area contributed by atoms with Gasteiger partial charge in [0.25, 0.3) is 0 Å². The summed E-state index contributed by atoms with van der Waals surface area (Å²) in [6.45, 7) is 0.447. The number of carboxylic acid groups (broad SMARTS) is 1. The first-order valence-corrected chi connectivity index (χ1v) is 9.29. The molecule has 0 unspecified atom stereocenters. The number of halogens is 1. The highest BCUT2D eigenvalue weighted by atomic mass is 19.1. The van der Waals surface area contributed by atoms with E-state index in [9.17, 15) is 9.18 Å². The Morgan fingerprint density at radius 2 is 1.79 bits per heavy atom. The van der Waals surface area contributed by atoms with Gasteiger partial charge in [0.1, 0.15) is 18.2 Å². The molecular weight excluding hydrogens is 367 g/mol. The van der Waals surface area contributed by atoms with Gasteiger partial charge in [-0.05, 0) is 75.9 Å². The predicted octanol–water partition coefficient (Wildman–Crippen LogP) is 5.82. The molecule has 29 heavy (non-hydrogen) atoms. The van der Waals surface area contributed by atoms with Crippen LogP contribution in [0.5, 0.6) is 5.75 Å². The van der Waals surface area contributed by atoms with Gasteiger partial charge in [-0.3, -0.25) is 4.79 Å². The lowest BCUT2D eigenvalue weighted by molar-refractivity contribution is -0.135. The van der Waals surface area contributed by atoms with Crippen molar-refractivity contribution in [1.29, 1.82) is 0 Å². The van der Waals surface area contributed by atoms with Crippen molar-refractivity contribution in [1.82, 2.24) is 0 Å². The van der Waals surface area contributed by atoms with Gasteiger partial charge in [0, 0.05) is 0 Å². The molecule has 0 saturated carbocycles. The molecule has 0 aliphatic heterocycles. The fraction of sp³-hybridized carbons (Fsp3) is 0.0800. The Kier molecular flexibility index (Phi) is 5.25. The van der Waals surface area contributed by atoms with Gasteiger partial charge in [0.2, 0.25) is 0 Å². The maximum Gasteiger partial charge on any atom is 0.307 e. The number of hydrogen-bond donors (Lipinski definition) is 1. The van der Waals surface area contributed by atoms with Crippen molar-refractivity contribution in [2.45, 2.75) is 13.0 Å². The number of benzene rings is 3. The van der Waals surface area contributed by atoms with Gasteiger partial charge in [-0.15, -0.1) is 0 Å². The summed E-state index contributed by atoms with van der Waals surface area (Å²) in [7, 11) is 0. The molecule has 144 valence electrons. The number of para-hydroxylation sites is 1. The van der Waals surface area contributed by atoms with E-state index in [1.807, 2.05) is 66.7 Å². The van der Waals surface area contributed by atoms with Crippen LogP contribution in [-0.4, -0.2) is 11.1 Å². The summed E-state index contributed by atoms with van der Waals surface area (Å²) < 4.78 is 19.5. The minimum Gasteiger partial charge on any atom is -0.489 e. The Morgan fingerprint density at radius 1 is 0.966 bits per heavy atom. The SMILES string of the molecule is O=C(O)CC1=C/C(=C/c2cccc(COc3ccccc3)c2)c2ccc(F)cc21. The van der Waals surface area contributed by atoms with Crippen molar-refractivity contribution in [3.8, 4) is 5.75 Å². The van der Waals surface area contributed by atoms with Crippen molar-refractivity contribution in [2.75, 3.05) is 0 Å². The fourth-order valence-electron chi connectivity index (χ4n) is 3.44. The molecule has 0 heterocycles. The molecular formula is C25H19FO3. The van der Waals surface area contributed by atoms with E-state index < -0.39 is 5.97 Å². The average molecular weight is 386 g/mol. The Morgan fingerprint density at radius 3 is 2.59 bits per heavy atom. The Labute approximate surface area is 168 Å². The summed E-state index contributed by atoms with van der Waals surface area (Å²) in [6, 6.07) is 22.1. The second-order valence-corrected chi connectivity index (χ2v) is 6.88. The molecule has 0 aromatic heterocycles. The van der Waals surface area contributed by atoms with Crippen LogP contribution in [0.1, 0.15) is 28.7 Å². The van der Waals surface area contributed by atoms with E-state index in [1.165, 1.54) is 12.1 Å². The monoisotopic (exact) mass is 386 g/mol. The first-order chi connectivity index (χ1) is 14.1. The van der Waals surface area contributed by atoms with Gasteiger partial charge < -0.3 is 9.84 Å². The summed E-state index contributed by atoms with van der Waals surface area (Å²) in [5.41, 5.74) is 4.96. The van der Waals surface area contributed by atoms with E-state index in [0.717, 1.165) is 28.0 Å². The molecule has 0 radical (unpaired) electrons. The number of allylic oxidation sites excluding steroid dienone is 2. The topological polar surface area (TPSA) is 46.5 Å². The molecule has 1 aliphatic rings. The number of carboxylic acids is 1. The summed E-state index contributed by atoms with van der Waals surface area (Å²) >= 11 is 0. The van der Waals surface area contributed by atoms with E-state index in [0.29, 0.717) is 17.7 Å². The number of aliphatic carboxylic acids is 1. The Hall–Kier alpha value is -3.66. The van der Waals surface area contributed by atoms with Crippen molar-refractivity contribution in [3.05, 3.63) is 107 Å². The van der Waals surface area contributed by atoms with Gasteiger partial charge in [-0.25, -0.2) is 4.39 Å². The van der Waals surface area contributed by atoms with Crippen molar-refractivity contribution in [3.63, 3.8) is 0 Å². The lowest BCUT2D eigenvalue weighted by Gasteiger charge is -2.07. The number of rotatable bonds is 6. The van der Waals surface area contributed by atoms with E-state index in [-0.39, 0.29) is 12.2 Å². The van der Waals surface area contributed by atoms with Crippen LogP contribution < -0.4 is 4.74 Å². The zero-order valence-electron chi connectivity index (χ0n) is 15.6. The van der Waals surface area contributed by atoms with E-state index in [2.05, 4.69) is 0 Å². The lowest BCUT2D eigenvalue weighted by atomic mass is 10.0. The average Bonchev–Trinajstić information content (AvgIpc) is 3.03. The second-order valence-electron chi connectivity index (χ2n) is 6.88. The summed E-state index contributed by atoms with van der Waals surface area (Å²) in [5, 5.41) is 9.17. The van der Waals surface area contributed by atoms with Crippen molar-refractivity contribution < 1.29 is 19.0 Å². The van der Waals surface area contributed by atoms with E-state index >= 15 is 0 Å². The minimum absolute atomic E-state index is 0.140. The number of hydrogen-bond acceptors (Lipinski definition) is 2. The van der Waals surface area contributed by atoms with Crippen LogP contribution >= 0.6 is 0 Å². The van der Waals surface area contributed by atoms with Crippen LogP contribution in [-0.2, 0) is 11.4 Å². The first-order valence-electron chi connectivity index (χ1n) is 9.29. The number of ether oxygens (including phenoxy) is 1. The molecule has 3 aromatic rings. The Bertz CT molecular complexity index is 1110. The summed E-state index contributed by atoms with van der Waals surface area (Å²) in [6.07, 6.45) is 3.67. The molecule has 0 saturated heterocycles. The molecule has 0 spiro atoms. The standard InChI is InChI=1S/C25H19FO3/c26-21-9-10-23-19(13-20(14-25(27)28)24(23)15-21)12-17-5-4-6-18(11-17)16-29-22-7-2-1-3-8-22/h1-13,15H,14,16H2,(H,27,28)/b19-12-. The van der Waals surface area contributed by atoms with Gasteiger partial charge in [0.05, 0.1) is 6.42 Å². The zero-order chi connectivity index (χ0) is 20.2. The molecule has 0 atom stereocenters. The molecule has 3 aromatic carbocycles. The van der Waals surface area contributed by atoms with Crippen LogP contribution in [0.15, 0.2) is 78.9 Å². The molecule has 0 fully saturated rings. The quantitative estimate of drug-likeness (QED) is 0.581. The van der Waals surface area contributed by atoms with Crippen LogP contribution in [0, 0.1) is 5.82 Å². The normalized spacial score (nSPS) is 13.8. The van der Waals surface area contributed by atoms with Crippen LogP contribution in [0.4, 0.5) is 4.39 Å². The highest BCUT2D eigenvalue weighted by Gasteiger charge is 2.20. The lowest BCUT2D eigenvalue weighted by Crippen LogP contribution is -1.96. The van der Waals surface area contributed by atoms with E-state index in [1.54, 1.807) is 6.07 Å². The molecule has 4 heteroatoms. The molecule has 0 amide bonds. The number of carbonyl (C=O) groups is 1. The second kappa shape index (κ2) is 8.15. The smallest absolute Gasteiger partial charge is 0.307 e. The maximum absolute atomic E-state index is 13.7. The number of fused-ring (bicyclic) bond motifs is 1. The third-order valence-corrected chi connectivity index (χ3v) is 4.73. The van der Waals surface area contributed by atoms with Gasteiger partial charge in [-0.2, -0.15) is 0 Å². The fourth-order valence-corrected chi connectivity index (χ4v) is 3.44. The van der Waals surface area contributed by atoms with Crippen LogP contribution in [0.3, 0.4) is 0 Å². The predicted molar refractivity (Wildman–Crippen MR) is 112 cm³/mol. The molecule has 4 rings (SSSR count). The first kappa shape index (κ1) is 18.7. The summed E-state index contributed by atoms with van der Waals surface area (Å²) in [5.74, 6) is -0.502. The molecule has 0 bridgehead atoms. The van der Waals surface area contributed by atoms with E-state index in [4.69, 9.17) is 9.84 Å². The van der Waals surface area contributed by atoms with Crippen molar-refractivity contribution in [2.24, 2.45) is 0 Å². The van der Waals surface area contributed by atoms with Gasteiger partial charge in [-0.1, -0.05) is 42.5 Å². The van der Waals surface area contributed by atoms with Crippen LogP contribution in [0.2, 0.25) is 0 Å².